The zero-order valence-corrected chi connectivity index (χ0v) is 10.8. The molecule has 1 aliphatic heterocycles. The van der Waals surface area contributed by atoms with E-state index in [0.717, 1.165) is 30.2 Å². The van der Waals surface area contributed by atoms with Gasteiger partial charge in [0, 0.05) is 24.7 Å². The SMILES string of the molecule is Clc1nc(-c2ccccc2)cc(N2CCCC2)n1. The van der Waals surface area contributed by atoms with Crippen molar-refractivity contribution in [2.75, 3.05) is 18.0 Å². The van der Waals surface area contributed by atoms with Gasteiger partial charge in [0.25, 0.3) is 0 Å². The summed E-state index contributed by atoms with van der Waals surface area (Å²) in [5, 5.41) is 0.318. The molecule has 3 nitrogen and oxygen atoms in total. The van der Waals surface area contributed by atoms with Gasteiger partial charge < -0.3 is 4.90 Å². The lowest BCUT2D eigenvalue weighted by Crippen LogP contribution is -2.19. The highest BCUT2D eigenvalue weighted by Gasteiger charge is 2.15. The highest BCUT2D eigenvalue weighted by Crippen LogP contribution is 2.25. The van der Waals surface area contributed by atoms with E-state index in [1.807, 2.05) is 36.4 Å². The first-order valence-corrected chi connectivity index (χ1v) is 6.56. The van der Waals surface area contributed by atoms with Crippen molar-refractivity contribution in [2.45, 2.75) is 12.8 Å². The fraction of sp³-hybridized carbons (Fsp3) is 0.286. The van der Waals surface area contributed by atoms with Gasteiger partial charge in [-0.05, 0) is 24.4 Å². The van der Waals surface area contributed by atoms with Crippen LogP contribution in [0.4, 0.5) is 5.82 Å². The van der Waals surface area contributed by atoms with Crippen LogP contribution in [-0.4, -0.2) is 23.1 Å². The van der Waals surface area contributed by atoms with E-state index in [1.54, 1.807) is 0 Å². The Kier molecular flexibility index (Phi) is 3.15. The first kappa shape index (κ1) is 11.5. The van der Waals surface area contributed by atoms with Crippen molar-refractivity contribution >= 4 is 17.4 Å². The zero-order chi connectivity index (χ0) is 12.4. The summed E-state index contributed by atoms with van der Waals surface area (Å²) >= 11 is 6.03. The maximum Gasteiger partial charge on any atom is 0.224 e. The summed E-state index contributed by atoms with van der Waals surface area (Å²) in [7, 11) is 0. The minimum Gasteiger partial charge on any atom is -0.356 e. The van der Waals surface area contributed by atoms with Crippen molar-refractivity contribution in [2.24, 2.45) is 0 Å². The predicted molar refractivity (Wildman–Crippen MR) is 73.9 cm³/mol. The number of benzene rings is 1. The second kappa shape index (κ2) is 4.94. The monoisotopic (exact) mass is 259 g/mol. The Morgan fingerprint density at radius 2 is 1.72 bits per heavy atom. The molecule has 0 saturated carbocycles. The highest BCUT2D eigenvalue weighted by molar-refractivity contribution is 6.28. The summed E-state index contributed by atoms with van der Waals surface area (Å²) < 4.78 is 0. The fourth-order valence-corrected chi connectivity index (χ4v) is 2.45. The lowest BCUT2D eigenvalue weighted by Gasteiger charge is -2.17. The third-order valence-corrected chi connectivity index (χ3v) is 3.35. The van der Waals surface area contributed by atoms with Gasteiger partial charge >= 0.3 is 0 Å². The van der Waals surface area contributed by atoms with Crippen LogP contribution in [0.2, 0.25) is 5.28 Å². The highest BCUT2D eigenvalue weighted by atomic mass is 35.5. The Morgan fingerprint density at radius 1 is 1.00 bits per heavy atom. The summed E-state index contributed by atoms with van der Waals surface area (Å²) in [5.41, 5.74) is 1.96. The second-order valence-corrected chi connectivity index (χ2v) is 4.78. The van der Waals surface area contributed by atoms with Gasteiger partial charge in [0.05, 0.1) is 5.69 Å². The Labute approximate surface area is 111 Å². The molecule has 1 aliphatic rings. The molecule has 0 radical (unpaired) electrons. The standard InChI is InChI=1S/C14H14ClN3/c15-14-16-12(11-6-2-1-3-7-11)10-13(17-14)18-8-4-5-9-18/h1-3,6-7,10H,4-5,8-9H2. The molecule has 0 spiro atoms. The number of halogens is 1. The molecule has 4 heteroatoms. The van der Waals surface area contributed by atoms with Gasteiger partial charge in [-0.2, -0.15) is 0 Å². The number of hydrogen-bond acceptors (Lipinski definition) is 3. The Balaban J connectivity index is 2.00. The van der Waals surface area contributed by atoms with Crippen LogP contribution in [0.15, 0.2) is 36.4 Å². The molecule has 92 valence electrons. The fourth-order valence-electron chi connectivity index (χ4n) is 2.27. The zero-order valence-electron chi connectivity index (χ0n) is 10.0. The molecule has 0 bridgehead atoms. The van der Waals surface area contributed by atoms with E-state index in [0.29, 0.717) is 5.28 Å². The minimum atomic E-state index is 0.318. The molecule has 1 saturated heterocycles. The first-order chi connectivity index (χ1) is 8.83. The molecule has 0 aliphatic carbocycles. The van der Waals surface area contributed by atoms with Gasteiger partial charge in [-0.15, -0.1) is 0 Å². The smallest absolute Gasteiger partial charge is 0.224 e. The quantitative estimate of drug-likeness (QED) is 0.774. The van der Waals surface area contributed by atoms with Gasteiger partial charge in [0.15, 0.2) is 0 Å². The molecule has 2 aromatic rings. The van der Waals surface area contributed by atoms with E-state index < -0.39 is 0 Å². The average Bonchev–Trinajstić information content (AvgIpc) is 2.93. The van der Waals surface area contributed by atoms with Crippen molar-refractivity contribution in [3.05, 3.63) is 41.7 Å². The lowest BCUT2D eigenvalue weighted by molar-refractivity contribution is 0.929. The van der Waals surface area contributed by atoms with Gasteiger partial charge in [-0.1, -0.05) is 30.3 Å². The van der Waals surface area contributed by atoms with Crippen LogP contribution in [0.25, 0.3) is 11.3 Å². The van der Waals surface area contributed by atoms with Crippen molar-refractivity contribution in [3.63, 3.8) is 0 Å². The van der Waals surface area contributed by atoms with Crippen molar-refractivity contribution in [1.29, 1.82) is 0 Å². The maximum absolute atomic E-state index is 6.03. The number of nitrogens with zero attached hydrogens (tertiary/aromatic N) is 3. The second-order valence-electron chi connectivity index (χ2n) is 4.44. The predicted octanol–water partition coefficient (Wildman–Crippen LogP) is 3.40. The van der Waals surface area contributed by atoms with Crippen molar-refractivity contribution in [3.8, 4) is 11.3 Å². The summed E-state index contributed by atoms with van der Waals surface area (Å²) in [4.78, 5) is 10.9. The molecule has 0 N–H and O–H groups in total. The number of hydrogen-bond donors (Lipinski definition) is 0. The van der Waals surface area contributed by atoms with Crippen molar-refractivity contribution < 1.29 is 0 Å². The summed E-state index contributed by atoms with van der Waals surface area (Å²) in [5.74, 6) is 0.936. The largest absolute Gasteiger partial charge is 0.356 e. The van der Waals surface area contributed by atoms with E-state index >= 15 is 0 Å². The van der Waals surface area contributed by atoms with Crippen LogP contribution >= 0.6 is 11.6 Å². The van der Waals surface area contributed by atoms with Crippen LogP contribution in [0.5, 0.6) is 0 Å². The normalized spacial score (nSPS) is 15.1. The maximum atomic E-state index is 6.03. The molecule has 3 rings (SSSR count). The third kappa shape index (κ3) is 2.31. The van der Waals surface area contributed by atoms with E-state index in [9.17, 15) is 0 Å². The molecule has 2 heterocycles. The number of aromatic nitrogens is 2. The van der Waals surface area contributed by atoms with Gasteiger partial charge in [0.2, 0.25) is 5.28 Å². The molecular formula is C14H14ClN3. The van der Waals surface area contributed by atoms with Crippen LogP contribution in [0.3, 0.4) is 0 Å². The van der Waals surface area contributed by atoms with Crippen LogP contribution in [0.1, 0.15) is 12.8 Å². The van der Waals surface area contributed by atoms with Crippen LogP contribution in [-0.2, 0) is 0 Å². The molecule has 0 atom stereocenters. The Bertz CT molecular complexity index is 536. The lowest BCUT2D eigenvalue weighted by atomic mass is 10.1. The van der Waals surface area contributed by atoms with E-state index in [1.165, 1.54) is 12.8 Å². The summed E-state index contributed by atoms with van der Waals surface area (Å²) in [6.45, 7) is 2.11. The molecule has 0 unspecified atom stereocenters. The Hall–Kier alpha value is -1.61. The van der Waals surface area contributed by atoms with Gasteiger partial charge in [-0.25, -0.2) is 9.97 Å². The summed E-state index contributed by atoms with van der Waals surface area (Å²) in [6, 6.07) is 12.1. The number of rotatable bonds is 2. The van der Waals surface area contributed by atoms with Crippen LogP contribution in [0, 0.1) is 0 Å². The van der Waals surface area contributed by atoms with E-state index in [-0.39, 0.29) is 0 Å². The minimum absolute atomic E-state index is 0.318. The van der Waals surface area contributed by atoms with Gasteiger partial charge in [0.1, 0.15) is 5.82 Å². The number of anilines is 1. The average molecular weight is 260 g/mol. The summed E-state index contributed by atoms with van der Waals surface area (Å²) in [6.07, 6.45) is 2.45. The van der Waals surface area contributed by atoms with Gasteiger partial charge in [-0.3, -0.25) is 0 Å². The van der Waals surface area contributed by atoms with Crippen LogP contribution < -0.4 is 4.90 Å². The third-order valence-electron chi connectivity index (χ3n) is 3.18. The molecule has 1 aromatic carbocycles. The Morgan fingerprint density at radius 3 is 2.44 bits per heavy atom. The van der Waals surface area contributed by atoms with E-state index in [4.69, 9.17) is 11.6 Å². The molecule has 0 amide bonds. The molecule has 1 fully saturated rings. The topological polar surface area (TPSA) is 29.0 Å². The molecule has 1 aromatic heterocycles. The molecule has 18 heavy (non-hydrogen) atoms. The first-order valence-electron chi connectivity index (χ1n) is 6.18. The van der Waals surface area contributed by atoms with Crippen molar-refractivity contribution in [1.82, 2.24) is 9.97 Å². The molecular weight excluding hydrogens is 246 g/mol. The van der Waals surface area contributed by atoms with E-state index in [2.05, 4.69) is 14.9 Å².